The van der Waals surface area contributed by atoms with Crippen LogP contribution < -0.4 is 0 Å². The van der Waals surface area contributed by atoms with Crippen molar-refractivity contribution in [1.82, 2.24) is 4.37 Å². The van der Waals surface area contributed by atoms with Crippen LogP contribution >= 0.6 is 23.8 Å². The molecule has 1 aliphatic rings. The lowest BCUT2D eigenvalue weighted by atomic mass is 10.3. The molecule has 3 heteroatoms. The van der Waals surface area contributed by atoms with Gasteiger partial charge in [0.2, 0.25) is 0 Å². The first-order chi connectivity index (χ1) is 4.38. The van der Waals surface area contributed by atoms with Gasteiger partial charge >= 0.3 is 0 Å². The van der Waals surface area contributed by atoms with Crippen LogP contribution in [0.4, 0.5) is 0 Å². The van der Waals surface area contributed by atoms with Gasteiger partial charge in [0.05, 0.1) is 0 Å². The van der Waals surface area contributed by atoms with E-state index in [-0.39, 0.29) is 0 Å². The maximum absolute atomic E-state index is 5.10. The highest BCUT2D eigenvalue weighted by molar-refractivity contribution is 7.73. The molecule has 1 aromatic rings. The van der Waals surface area contributed by atoms with Gasteiger partial charge in [-0.15, -0.1) is 0 Å². The molecule has 0 aliphatic heterocycles. The summed E-state index contributed by atoms with van der Waals surface area (Å²) in [6.07, 6.45) is 3.70. The lowest BCUT2D eigenvalue weighted by Crippen LogP contribution is -1.73. The summed E-state index contributed by atoms with van der Waals surface area (Å²) in [6, 6.07) is 0. The van der Waals surface area contributed by atoms with Crippen LogP contribution in [-0.4, -0.2) is 4.37 Å². The number of aryl methyl sites for hydroxylation is 1. The van der Waals surface area contributed by atoms with Crippen molar-refractivity contribution in [1.29, 1.82) is 0 Å². The van der Waals surface area contributed by atoms with Gasteiger partial charge in [0.15, 0.2) is 0 Å². The summed E-state index contributed by atoms with van der Waals surface area (Å²) in [6.45, 7) is 0. The second-order valence-electron chi connectivity index (χ2n) is 2.30. The number of hydrogen-bond donors (Lipinski definition) is 1. The number of H-pyrrole nitrogens is 1. The predicted octanol–water partition coefficient (Wildman–Crippen LogP) is 2.29. The largest absolute Gasteiger partial charge is 0.314 e. The van der Waals surface area contributed by atoms with Crippen LogP contribution in [0.1, 0.15) is 17.7 Å². The third kappa shape index (κ3) is 0.756. The van der Waals surface area contributed by atoms with Crippen molar-refractivity contribution < 1.29 is 0 Å². The summed E-state index contributed by atoms with van der Waals surface area (Å²) in [5, 5.41) is 0. The van der Waals surface area contributed by atoms with E-state index in [0.29, 0.717) is 0 Å². The summed E-state index contributed by atoms with van der Waals surface area (Å²) in [4.78, 5) is 0. The van der Waals surface area contributed by atoms with Gasteiger partial charge in [-0.25, -0.2) is 0 Å². The highest BCUT2D eigenvalue weighted by Gasteiger charge is 2.13. The second-order valence-corrected chi connectivity index (χ2v) is 3.79. The van der Waals surface area contributed by atoms with Gasteiger partial charge in [0.1, 0.15) is 3.82 Å². The van der Waals surface area contributed by atoms with Gasteiger partial charge in [0.25, 0.3) is 0 Å². The highest BCUT2D eigenvalue weighted by Crippen LogP contribution is 2.23. The van der Waals surface area contributed by atoms with Gasteiger partial charge in [0, 0.05) is 11.3 Å². The topological polar surface area (TPSA) is 15.8 Å². The van der Waals surface area contributed by atoms with Crippen LogP contribution in [0.3, 0.4) is 0 Å². The number of aromatic amines is 1. The molecule has 2 rings (SSSR count). The molecule has 1 nitrogen and oxygen atoms in total. The first-order valence-electron chi connectivity index (χ1n) is 3.07. The highest BCUT2D eigenvalue weighted by atomic mass is 32.2. The van der Waals surface area contributed by atoms with Crippen molar-refractivity contribution in [2.75, 3.05) is 0 Å². The smallest absolute Gasteiger partial charge is 0.112 e. The average Bonchev–Trinajstić information content (AvgIpc) is 2.35. The maximum Gasteiger partial charge on any atom is 0.112 e. The van der Waals surface area contributed by atoms with Gasteiger partial charge in [-0.2, -0.15) is 0 Å². The molecule has 0 amide bonds. The molecule has 1 aromatic heterocycles. The molecule has 0 bridgehead atoms. The molecule has 0 fully saturated rings. The molecule has 0 saturated carbocycles. The predicted molar refractivity (Wildman–Crippen MR) is 41.5 cm³/mol. The monoisotopic (exact) mass is 157 g/mol. The quantitative estimate of drug-likeness (QED) is 0.571. The van der Waals surface area contributed by atoms with Crippen LogP contribution in [0, 0.1) is 3.82 Å². The zero-order valence-corrected chi connectivity index (χ0v) is 6.57. The molecule has 0 unspecified atom stereocenters. The van der Waals surface area contributed by atoms with Crippen LogP contribution in [0.2, 0.25) is 0 Å². The standard InChI is InChI=1S/C6H7NS2/c8-6-4-2-1-3-5(4)7-9-6/h7H,1-3H2. The molecule has 1 heterocycles. The summed E-state index contributed by atoms with van der Waals surface area (Å²) >= 11 is 6.70. The molecule has 0 atom stereocenters. The van der Waals surface area contributed by atoms with Gasteiger partial charge in [-0.1, -0.05) is 23.8 Å². The van der Waals surface area contributed by atoms with E-state index in [2.05, 4.69) is 4.37 Å². The van der Waals surface area contributed by atoms with Gasteiger partial charge in [-0.3, -0.25) is 0 Å². The minimum absolute atomic E-state index is 1.07. The second kappa shape index (κ2) is 1.92. The third-order valence-corrected chi connectivity index (χ3v) is 3.01. The van der Waals surface area contributed by atoms with Gasteiger partial charge < -0.3 is 4.37 Å². The summed E-state index contributed by atoms with van der Waals surface area (Å²) in [5.74, 6) is 0. The normalized spacial score (nSPS) is 16.0. The number of hydrogen-bond acceptors (Lipinski definition) is 2. The van der Waals surface area contributed by atoms with Crippen LogP contribution in [0.15, 0.2) is 0 Å². The van der Waals surface area contributed by atoms with E-state index in [9.17, 15) is 0 Å². The van der Waals surface area contributed by atoms with E-state index >= 15 is 0 Å². The first-order valence-corrected chi connectivity index (χ1v) is 4.29. The SMILES string of the molecule is S=c1s[nH]c2c1CCC2. The molecule has 0 aromatic carbocycles. The average molecular weight is 157 g/mol. The van der Waals surface area contributed by atoms with Crippen LogP contribution in [0.5, 0.6) is 0 Å². The fourth-order valence-electron chi connectivity index (χ4n) is 1.25. The van der Waals surface area contributed by atoms with Crippen molar-refractivity contribution in [3.05, 3.63) is 15.1 Å². The molecule has 0 radical (unpaired) electrons. The third-order valence-electron chi connectivity index (χ3n) is 1.73. The van der Waals surface area contributed by atoms with E-state index in [0.717, 1.165) is 3.82 Å². The lowest BCUT2D eigenvalue weighted by molar-refractivity contribution is 0.901. The van der Waals surface area contributed by atoms with Crippen LogP contribution in [0.25, 0.3) is 0 Å². The fourth-order valence-corrected chi connectivity index (χ4v) is 2.39. The Morgan fingerprint density at radius 3 is 3.11 bits per heavy atom. The Balaban J connectivity index is 2.70. The Bertz CT molecular complexity index is 271. The molecular formula is C6H7NS2. The Hall–Kier alpha value is -0.150. The maximum atomic E-state index is 5.10. The fraction of sp³-hybridized carbons (Fsp3) is 0.500. The van der Waals surface area contributed by atoms with Crippen LogP contribution in [-0.2, 0) is 12.8 Å². The molecule has 0 spiro atoms. The van der Waals surface area contributed by atoms with Gasteiger partial charge in [-0.05, 0) is 19.3 Å². The Kier molecular flexibility index (Phi) is 1.20. The molecule has 1 aliphatic carbocycles. The molecule has 9 heavy (non-hydrogen) atoms. The minimum atomic E-state index is 1.07. The van der Waals surface area contributed by atoms with E-state index in [1.807, 2.05) is 0 Å². The number of rotatable bonds is 0. The van der Waals surface area contributed by atoms with E-state index in [1.165, 1.54) is 30.5 Å². The number of fused-ring (bicyclic) bond motifs is 1. The summed E-state index contributed by atoms with van der Waals surface area (Å²) in [7, 11) is 0. The molecular weight excluding hydrogens is 150 g/mol. The molecule has 1 N–H and O–H groups in total. The summed E-state index contributed by atoms with van der Waals surface area (Å²) in [5.41, 5.74) is 2.81. The zero-order valence-electron chi connectivity index (χ0n) is 4.94. The lowest BCUT2D eigenvalue weighted by Gasteiger charge is -1.79. The molecule has 48 valence electrons. The number of nitrogens with one attached hydrogen (secondary N) is 1. The Labute approximate surface area is 62.9 Å². The van der Waals surface area contributed by atoms with Crippen molar-refractivity contribution in [2.24, 2.45) is 0 Å². The molecule has 0 saturated heterocycles. The van der Waals surface area contributed by atoms with Crippen molar-refractivity contribution >= 4 is 23.8 Å². The Morgan fingerprint density at radius 2 is 2.33 bits per heavy atom. The Morgan fingerprint density at radius 1 is 1.44 bits per heavy atom. The van der Waals surface area contributed by atoms with E-state index < -0.39 is 0 Å². The van der Waals surface area contributed by atoms with E-state index in [1.54, 1.807) is 11.5 Å². The zero-order chi connectivity index (χ0) is 6.27. The van der Waals surface area contributed by atoms with Crippen molar-refractivity contribution in [3.63, 3.8) is 0 Å². The van der Waals surface area contributed by atoms with Crippen molar-refractivity contribution in [2.45, 2.75) is 19.3 Å². The first kappa shape index (κ1) is 5.62. The summed E-state index contributed by atoms with van der Waals surface area (Å²) < 4.78 is 4.30. The van der Waals surface area contributed by atoms with E-state index in [4.69, 9.17) is 12.2 Å². The minimum Gasteiger partial charge on any atom is -0.314 e. The number of aromatic nitrogens is 1. The van der Waals surface area contributed by atoms with Crippen molar-refractivity contribution in [3.8, 4) is 0 Å².